The van der Waals surface area contributed by atoms with E-state index < -0.39 is 0 Å². The number of fused-ring (bicyclic) bond motifs is 3. The maximum atomic E-state index is 12.1. The molecule has 0 aliphatic rings. The summed E-state index contributed by atoms with van der Waals surface area (Å²) < 4.78 is 12.5. The van der Waals surface area contributed by atoms with Crippen molar-refractivity contribution < 1.29 is 19.1 Å². The fraction of sp³-hybridized carbons (Fsp3) is 0.276. The second-order valence-corrected chi connectivity index (χ2v) is 9.14. The molecule has 0 aliphatic heterocycles. The van der Waals surface area contributed by atoms with Gasteiger partial charge in [0, 0.05) is 40.5 Å². The monoisotopic (exact) mass is 526 g/mol. The number of H-pyrrole nitrogens is 1. The highest BCUT2D eigenvalue weighted by Crippen LogP contribution is 2.32. The van der Waals surface area contributed by atoms with Gasteiger partial charge < -0.3 is 14.0 Å². The lowest BCUT2D eigenvalue weighted by Crippen LogP contribution is -2.35. The molecule has 1 N–H and O–H groups in total. The van der Waals surface area contributed by atoms with E-state index in [0.717, 1.165) is 38.5 Å². The van der Waals surface area contributed by atoms with Crippen molar-refractivity contribution in [3.8, 4) is 11.4 Å². The predicted octanol–water partition coefficient (Wildman–Crippen LogP) is 3.95. The van der Waals surface area contributed by atoms with E-state index >= 15 is 0 Å². The Hall–Kier alpha value is -4.57. The van der Waals surface area contributed by atoms with Crippen molar-refractivity contribution >= 4 is 33.7 Å². The molecule has 0 amide bonds. The van der Waals surface area contributed by atoms with Crippen molar-refractivity contribution in [1.82, 2.24) is 30.1 Å². The molecule has 0 radical (unpaired) electrons. The number of para-hydroxylation sites is 1. The maximum absolute atomic E-state index is 12.1. The fourth-order valence-electron chi connectivity index (χ4n) is 4.78. The molecule has 2 aromatic heterocycles. The lowest BCUT2D eigenvalue weighted by atomic mass is 10.1. The van der Waals surface area contributed by atoms with Crippen molar-refractivity contribution in [2.75, 3.05) is 26.3 Å². The zero-order valence-electron chi connectivity index (χ0n) is 22.0. The zero-order chi connectivity index (χ0) is 27.2. The first-order chi connectivity index (χ1) is 19.1. The molecule has 5 rings (SSSR count). The van der Waals surface area contributed by atoms with Crippen LogP contribution in [0.5, 0.6) is 0 Å². The number of rotatable bonds is 11. The van der Waals surface area contributed by atoms with Gasteiger partial charge in [-0.3, -0.25) is 14.5 Å². The largest absolute Gasteiger partial charge is 0.465 e. The highest BCUT2D eigenvalue weighted by atomic mass is 16.5. The normalized spacial score (nSPS) is 11.4. The Bertz CT molecular complexity index is 1560. The van der Waals surface area contributed by atoms with E-state index in [9.17, 15) is 9.59 Å². The number of esters is 2. The highest BCUT2D eigenvalue weighted by molar-refractivity contribution is 6.09. The molecule has 0 spiro atoms. The molecule has 0 saturated heterocycles. The quantitative estimate of drug-likeness (QED) is 0.257. The molecule has 0 unspecified atom stereocenters. The van der Waals surface area contributed by atoms with Crippen LogP contribution in [0.1, 0.15) is 25.0 Å². The number of carbonyl (C=O) groups is 2. The Morgan fingerprint density at radius 1 is 0.846 bits per heavy atom. The molecule has 2 heterocycles. The van der Waals surface area contributed by atoms with E-state index in [-0.39, 0.29) is 25.0 Å². The summed E-state index contributed by atoms with van der Waals surface area (Å²) in [6.45, 7) is 5.24. The van der Waals surface area contributed by atoms with Gasteiger partial charge in [0.15, 0.2) is 0 Å². The van der Waals surface area contributed by atoms with E-state index in [2.05, 4.69) is 61.6 Å². The summed E-state index contributed by atoms with van der Waals surface area (Å²) in [6.07, 6.45) is 0. The highest BCUT2D eigenvalue weighted by Gasteiger charge is 2.17. The molecule has 10 nitrogen and oxygen atoms in total. The number of ether oxygens (including phenoxy) is 2. The van der Waals surface area contributed by atoms with Crippen LogP contribution in [-0.2, 0) is 32.2 Å². The second kappa shape index (κ2) is 11.9. The second-order valence-electron chi connectivity index (χ2n) is 9.14. The average molecular weight is 527 g/mol. The van der Waals surface area contributed by atoms with Gasteiger partial charge in [-0.1, -0.05) is 42.5 Å². The van der Waals surface area contributed by atoms with Gasteiger partial charge in [-0.05, 0) is 54.5 Å². The molecule has 200 valence electrons. The van der Waals surface area contributed by atoms with Crippen LogP contribution in [0.3, 0.4) is 0 Å². The Balaban J connectivity index is 1.38. The first-order valence-electron chi connectivity index (χ1n) is 12.9. The summed E-state index contributed by atoms with van der Waals surface area (Å²) in [7, 11) is 0. The minimum Gasteiger partial charge on any atom is -0.465 e. The lowest BCUT2D eigenvalue weighted by molar-refractivity contribution is -0.148. The maximum Gasteiger partial charge on any atom is 0.320 e. The van der Waals surface area contributed by atoms with Crippen LogP contribution in [0, 0.1) is 0 Å². The molecular formula is C29H30N6O4. The molecule has 0 bridgehead atoms. The van der Waals surface area contributed by atoms with Gasteiger partial charge in [-0.15, -0.1) is 10.2 Å². The van der Waals surface area contributed by atoms with E-state index in [1.54, 1.807) is 18.7 Å². The van der Waals surface area contributed by atoms with Gasteiger partial charge in [0.1, 0.15) is 0 Å². The molecule has 3 aromatic carbocycles. The Morgan fingerprint density at radius 3 is 2.18 bits per heavy atom. The van der Waals surface area contributed by atoms with Crippen molar-refractivity contribution in [2.24, 2.45) is 0 Å². The van der Waals surface area contributed by atoms with E-state index in [1.165, 1.54) is 0 Å². The zero-order valence-corrected chi connectivity index (χ0v) is 22.0. The minimum atomic E-state index is -0.368. The average Bonchev–Trinajstić information content (AvgIpc) is 3.57. The van der Waals surface area contributed by atoms with Crippen LogP contribution >= 0.6 is 0 Å². The Morgan fingerprint density at radius 2 is 1.51 bits per heavy atom. The van der Waals surface area contributed by atoms with E-state index in [1.807, 2.05) is 30.3 Å². The molecule has 0 aliphatic carbocycles. The number of hydrogen-bond acceptors (Lipinski definition) is 8. The summed E-state index contributed by atoms with van der Waals surface area (Å²) in [5.74, 6) is -0.177. The van der Waals surface area contributed by atoms with Crippen LogP contribution in [-0.4, -0.2) is 68.3 Å². The van der Waals surface area contributed by atoms with E-state index in [0.29, 0.717) is 32.1 Å². The van der Waals surface area contributed by atoms with Gasteiger partial charge in [-0.25, -0.2) is 0 Å². The van der Waals surface area contributed by atoms with Crippen molar-refractivity contribution in [1.29, 1.82) is 0 Å². The summed E-state index contributed by atoms with van der Waals surface area (Å²) in [4.78, 5) is 25.9. The number of nitrogens with zero attached hydrogens (tertiary/aromatic N) is 5. The number of nitrogens with one attached hydrogen (secondary N) is 1. The molecule has 5 aromatic rings. The van der Waals surface area contributed by atoms with Crippen LogP contribution in [0.15, 0.2) is 66.7 Å². The summed E-state index contributed by atoms with van der Waals surface area (Å²) in [5, 5.41) is 16.7. The van der Waals surface area contributed by atoms with Gasteiger partial charge in [-0.2, -0.15) is 5.21 Å². The van der Waals surface area contributed by atoms with Crippen LogP contribution in [0.25, 0.3) is 33.2 Å². The third kappa shape index (κ3) is 5.96. The first-order valence-corrected chi connectivity index (χ1v) is 12.9. The summed E-state index contributed by atoms with van der Waals surface area (Å²) in [6, 6.07) is 22.8. The van der Waals surface area contributed by atoms with Gasteiger partial charge in [0.2, 0.25) is 5.82 Å². The third-order valence-electron chi connectivity index (χ3n) is 6.46. The molecule has 10 heteroatoms. The Labute approximate surface area is 225 Å². The van der Waals surface area contributed by atoms with Crippen molar-refractivity contribution in [3.05, 3.63) is 77.9 Å². The molecular weight excluding hydrogens is 496 g/mol. The van der Waals surface area contributed by atoms with Gasteiger partial charge >= 0.3 is 11.9 Å². The third-order valence-corrected chi connectivity index (χ3v) is 6.46. The molecule has 0 saturated carbocycles. The number of aromatic amines is 1. The fourth-order valence-corrected chi connectivity index (χ4v) is 4.78. The van der Waals surface area contributed by atoms with Gasteiger partial charge in [0.05, 0.1) is 26.3 Å². The first kappa shape index (κ1) is 26.1. The number of benzene rings is 3. The number of carbonyl (C=O) groups excluding carboxylic acids is 2. The summed E-state index contributed by atoms with van der Waals surface area (Å²) in [5.41, 5.74) is 5.27. The summed E-state index contributed by atoms with van der Waals surface area (Å²) >= 11 is 0. The topological polar surface area (TPSA) is 115 Å². The van der Waals surface area contributed by atoms with Gasteiger partial charge in [0.25, 0.3) is 0 Å². The molecule has 39 heavy (non-hydrogen) atoms. The minimum absolute atomic E-state index is 0.0155. The lowest BCUT2D eigenvalue weighted by Gasteiger charge is -2.20. The van der Waals surface area contributed by atoms with Crippen LogP contribution in [0.2, 0.25) is 0 Å². The standard InChI is InChI=1S/C29H30N6O4/c1-3-38-27(36)18-34(19-28(37)39-4-2)16-20-9-11-21(12-10-20)17-35-25-8-6-5-7-23(25)24-15-22(13-14-26(24)35)29-30-32-33-31-29/h5-15H,3-4,16-19H2,1-2H3,(H,30,31,32,33). The number of hydrogen-bond donors (Lipinski definition) is 1. The Kier molecular flexibility index (Phi) is 7.93. The predicted molar refractivity (Wildman–Crippen MR) is 147 cm³/mol. The SMILES string of the molecule is CCOC(=O)CN(CC(=O)OCC)Cc1ccc(Cn2c3ccccc3c3cc(-c4nn[nH]n4)ccc32)cc1. The van der Waals surface area contributed by atoms with Crippen molar-refractivity contribution in [3.63, 3.8) is 0 Å². The van der Waals surface area contributed by atoms with Crippen LogP contribution < -0.4 is 0 Å². The molecule has 0 atom stereocenters. The van der Waals surface area contributed by atoms with Crippen molar-refractivity contribution in [2.45, 2.75) is 26.9 Å². The smallest absolute Gasteiger partial charge is 0.320 e. The number of tetrazole rings is 1. The molecule has 0 fully saturated rings. The van der Waals surface area contributed by atoms with E-state index in [4.69, 9.17) is 9.47 Å². The van der Waals surface area contributed by atoms with Crippen LogP contribution in [0.4, 0.5) is 0 Å². The number of aromatic nitrogens is 5.